The molecule has 4 heteroatoms. The SMILES string of the molecule is CCC1CCC(C(O)c2ccc(Br)c(Cl)c2F)CC1. The van der Waals surface area contributed by atoms with Gasteiger partial charge in [-0.15, -0.1) is 0 Å². The van der Waals surface area contributed by atoms with Gasteiger partial charge in [0, 0.05) is 10.0 Å². The van der Waals surface area contributed by atoms with E-state index in [2.05, 4.69) is 22.9 Å². The highest BCUT2D eigenvalue weighted by Gasteiger charge is 2.29. The van der Waals surface area contributed by atoms with Gasteiger partial charge < -0.3 is 5.11 Å². The lowest BCUT2D eigenvalue weighted by atomic mass is 9.77. The third kappa shape index (κ3) is 3.32. The highest BCUT2D eigenvalue weighted by atomic mass is 79.9. The van der Waals surface area contributed by atoms with Gasteiger partial charge in [0.2, 0.25) is 0 Å². The van der Waals surface area contributed by atoms with Crippen LogP contribution in [0.3, 0.4) is 0 Å². The molecule has 0 aliphatic heterocycles. The number of aliphatic hydroxyl groups excluding tert-OH is 1. The summed E-state index contributed by atoms with van der Waals surface area (Å²) >= 11 is 9.07. The molecule has 0 aromatic heterocycles. The Kier molecular flexibility index (Phi) is 5.27. The van der Waals surface area contributed by atoms with E-state index in [4.69, 9.17) is 11.6 Å². The van der Waals surface area contributed by atoms with Crippen LogP contribution < -0.4 is 0 Å². The molecule has 1 atom stereocenters. The summed E-state index contributed by atoms with van der Waals surface area (Å²) in [7, 11) is 0. The summed E-state index contributed by atoms with van der Waals surface area (Å²) < 4.78 is 14.6. The Morgan fingerprint density at radius 1 is 1.37 bits per heavy atom. The molecule has 19 heavy (non-hydrogen) atoms. The maximum atomic E-state index is 14.1. The molecule has 1 fully saturated rings. The summed E-state index contributed by atoms with van der Waals surface area (Å²) in [5.74, 6) is 0.414. The lowest BCUT2D eigenvalue weighted by molar-refractivity contribution is 0.0701. The number of halogens is 3. The Bertz CT molecular complexity index is 444. The van der Waals surface area contributed by atoms with Crippen molar-refractivity contribution in [1.82, 2.24) is 0 Å². The molecule has 1 aromatic rings. The van der Waals surface area contributed by atoms with Gasteiger partial charge in [-0.3, -0.25) is 0 Å². The molecule has 2 rings (SSSR count). The molecule has 1 N–H and O–H groups in total. The fourth-order valence-electron chi connectivity index (χ4n) is 2.94. The van der Waals surface area contributed by atoms with Gasteiger partial charge in [-0.25, -0.2) is 4.39 Å². The standard InChI is InChI=1S/C15H19BrClFO/c1-2-9-3-5-10(6-4-9)15(19)11-7-8-12(16)13(17)14(11)18/h7-10,15,19H,2-6H2,1H3. The molecule has 1 nitrogen and oxygen atoms in total. The zero-order valence-corrected chi connectivity index (χ0v) is 13.3. The highest BCUT2D eigenvalue weighted by molar-refractivity contribution is 9.10. The second kappa shape index (κ2) is 6.55. The van der Waals surface area contributed by atoms with Crippen LogP contribution in [0.1, 0.15) is 50.7 Å². The quantitative estimate of drug-likeness (QED) is 0.715. The molecule has 106 valence electrons. The first-order chi connectivity index (χ1) is 9.04. The summed E-state index contributed by atoms with van der Waals surface area (Å²) in [4.78, 5) is 0. The van der Waals surface area contributed by atoms with Crippen molar-refractivity contribution in [3.05, 3.63) is 33.0 Å². The van der Waals surface area contributed by atoms with E-state index in [0.717, 1.165) is 31.6 Å². The lowest BCUT2D eigenvalue weighted by Gasteiger charge is -2.31. The summed E-state index contributed by atoms with van der Waals surface area (Å²) in [6.45, 7) is 2.20. The van der Waals surface area contributed by atoms with E-state index in [9.17, 15) is 9.50 Å². The van der Waals surface area contributed by atoms with Crippen molar-refractivity contribution in [2.24, 2.45) is 11.8 Å². The smallest absolute Gasteiger partial charge is 0.148 e. The van der Waals surface area contributed by atoms with E-state index in [0.29, 0.717) is 10.0 Å². The van der Waals surface area contributed by atoms with Gasteiger partial charge in [0.25, 0.3) is 0 Å². The predicted molar refractivity (Wildman–Crippen MR) is 79.8 cm³/mol. The molecule has 1 aliphatic rings. The van der Waals surface area contributed by atoms with E-state index < -0.39 is 11.9 Å². The van der Waals surface area contributed by atoms with Crippen LogP contribution in [0.5, 0.6) is 0 Å². The minimum absolute atomic E-state index is 0.0544. The van der Waals surface area contributed by atoms with E-state index in [1.54, 1.807) is 12.1 Å². The first kappa shape index (κ1) is 15.3. The van der Waals surface area contributed by atoms with Crippen LogP contribution in [-0.4, -0.2) is 5.11 Å². The van der Waals surface area contributed by atoms with Gasteiger partial charge in [-0.2, -0.15) is 0 Å². The lowest BCUT2D eigenvalue weighted by Crippen LogP contribution is -2.21. The third-order valence-electron chi connectivity index (χ3n) is 4.30. The van der Waals surface area contributed by atoms with Crippen LogP contribution in [0, 0.1) is 17.7 Å². The van der Waals surface area contributed by atoms with Crippen molar-refractivity contribution >= 4 is 27.5 Å². The van der Waals surface area contributed by atoms with E-state index in [1.807, 2.05) is 0 Å². The van der Waals surface area contributed by atoms with Crippen LogP contribution in [0.25, 0.3) is 0 Å². The normalized spacial score (nSPS) is 25.3. The van der Waals surface area contributed by atoms with Gasteiger partial charge >= 0.3 is 0 Å². The largest absolute Gasteiger partial charge is 0.388 e. The zero-order chi connectivity index (χ0) is 14.0. The van der Waals surface area contributed by atoms with E-state index in [-0.39, 0.29) is 10.9 Å². The van der Waals surface area contributed by atoms with Crippen molar-refractivity contribution in [3.8, 4) is 0 Å². The van der Waals surface area contributed by atoms with E-state index in [1.165, 1.54) is 6.42 Å². The Morgan fingerprint density at radius 2 is 2.00 bits per heavy atom. The van der Waals surface area contributed by atoms with Gasteiger partial charge in [0.15, 0.2) is 0 Å². The molecule has 1 unspecified atom stereocenters. The molecular formula is C15H19BrClFO. The fraction of sp³-hybridized carbons (Fsp3) is 0.600. The molecule has 1 aromatic carbocycles. The summed E-state index contributed by atoms with van der Waals surface area (Å²) in [6, 6.07) is 3.32. The molecule has 0 saturated heterocycles. The number of hydrogen-bond acceptors (Lipinski definition) is 1. The Labute approximate surface area is 127 Å². The van der Waals surface area contributed by atoms with Gasteiger partial charge in [0.1, 0.15) is 5.82 Å². The predicted octanol–water partition coefficient (Wildman–Crippen LogP) is 5.49. The monoisotopic (exact) mass is 348 g/mol. The third-order valence-corrected chi connectivity index (χ3v) is 5.56. The second-order valence-electron chi connectivity index (χ2n) is 5.40. The summed E-state index contributed by atoms with van der Waals surface area (Å²) in [5.41, 5.74) is 0.327. The highest BCUT2D eigenvalue weighted by Crippen LogP contribution is 2.40. The first-order valence-corrected chi connectivity index (χ1v) is 8.03. The van der Waals surface area contributed by atoms with Gasteiger partial charge in [0.05, 0.1) is 11.1 Å². The van der Waals surface area contributed by atoms with Crippen LogP contribution in [0.15, 0.2) is 16.6 Å². The van der Waals surface area contributed by atoms with Crippen molar-refractivity contribution < 1.29 is 9.50 Å². The number of benzene rings is 1. The fourth-order valence-corrected chi connectivity index (χ4v) is 3.41. The Morgan fingerprint density at radius 3 is 2.58 bits per heavy atom. The maximum Gasteiger partial charge on any atom is 0.148 e. The molecule has 1 saturated carbocycles. The summed E-state index contributed by atoms with van der Waals surface area (Å²) in [5, 5.41) is 10.4. The van der Waals surface area contributed by atoms with Gasteiger partial charge in [-0.05, 0) is 46.7 Å². The summed E-state index contributed by atoms with van der Waals surface area (Å²) in [6.07, 6.45) is 4.64. The number of aliphatic hydroxyl groups is 1. The molecule has 1 aliphatic carbocycles. The van der Waals surface area contributed by atoms with Crippen LogP contribution >= 0.6 is 27.5 Å². The van der Waals surface area contributed by atoms with Crippen LogP contribution in [0.4, 0.5) is 4.39 Å². The zero-order valence-electron chi connectivity index (χ0n) is 11.0. The van der Waals surface area contributed by atoms with Gasteiger partial charge in [-0.1, -0.05) is 43.9 Å². The topological polar surface area (TPSA) is 20.2 Å². The van der Waals surface area contributed by atoms with Crippen molar-refractivity contribution in [3.63, 3.8) is 0 Å². The molecule has 0 spiro atoms. The Hall–Kier alpha value is -0.120. The first-order valence-electron chi connectivity index (χ1n) is 6.86. The molecule has 0 amide bonds. The average molecular weight is 350 g/mol. The minimum atomic E-state index is -0.747. The Balaban J connectivity index is 2.12. The molecule has 0 bridgehead atoms. The molecular weight excluding hydrogens is 331 g/mol. The molecule has 0 heterocycles. The molecule has 0 radical (unpaired) electrons. The maximum absolute atomic E-state index is 14.1. The number of hydrogen-bond donors (Lipinski definition) is 1. The number of rotatable bonds is 3. The minimum Gasteiger partial charge on any atom is -0.388 e. The second-order valence-corrected chi connectivity index (χ2v) is 6.63. The average Bonchev–Trinajstić information content (AvgIpc) is 2.44. The van der Waals surface area contributed by atoms with Crippen LogP contribution in [-0.2, 0) is 0 Å². The van der Waals surface area contributed by atoms with Crippen LogP contribution in [0.2, 0.25) is 5.02 Å². The van der Waals surface area contributed by atoms with E-state index >= 15 is 0 Å². The van der Waals surface area contributed by atoms with Crippen molar-refractivity contribution in [2.75, 3.05) is 0 Å². The van der Waals surface area contributed by atoms with Crippen molar-refractivity contribution in [2.45, 2.75) is 45.1 Å². The van der Waals surface area contributed by atoms with Crippen molar-refractivity contribution in [1.29, 1.82) is 0 Å².